The molecule has 78 valence electrons. The Morgan fingerprint density at radius 3 is 2.47 bits per heavy atom. The molecule has 0 atom stereocenters. The number of hydrogen-bond acceptors (Lipinski definition) is 2. The van der Waals surface area contributed by atoms with Crippen LogP contribution in [0.1, 0.15) is 21.5 Å². The molecule has 0 saturated carbocycles. The van der Waals surface area contributed by atoms with E-state index in [9.17, 15) is 9.59 Å². The Balaban J connectivity index is 3.58. The van der Waals surface area contributed by atoms with Crippen LogP contribution in [0.25, 0.3) is 0 Å². The van der Waals surface area contributed by atoms with Crippen LogP contribution in [0.15, 0.2) is 35.3 Å². The van der Waals surface area contributed by atoms with E-state index in [0.29, 0.717) is 6.29 Å². The van der Waals surface area contributed by atoms with Gasteiger partial charge in [-0.1, -0.05) is 12.1 Å². The Labute approximate surface area is 88.1 Å². The highest BCUT2D eigenvalue weighted by molar-refractivity contribution is 5.73. The van der Waals surface area contributed by atoms with Crippen molar-refractivity contribution in [3.8, 4) is 0 Å². The van der Waals surface area contributed by atoms with Gasteiger partial charge in [0.2, 0.25) is 0 Å². The topological polar surface area (TPSA) is 49.9 Å². The van der Waals surface area contributed by atoms with E-state index < -0.39 is 5.56 Å². The first-order valence-electron chi connectivity index (χ1n) is 4.63. The summed E-state index contributed by atoms with van der Waals surface area (Å²) in [4.78, 5) is 24.5. The first-order valence-corrected chi connectivity index (χ1v) is 4.63. The molecule has 3 nitrogen and oxygen atoms in total. The van der Waals surface area contributed by atoms with Gasteiger partial charge in [0, 0.05) is 6.20 Å². The molecule has 0 bridgehead atoms. The van der Waals surface area contributed by atoms with Crippen molar-refractivity contribution in [3.05, 3.63) is 57.5 Å². The number of aromatic amines is 1. The number of aldehydes is 1. The van der Waals surface area contributed by atoms with Crippen LogP contribution in [0.3, 0.4) is 0 Å². The number of carbonyl (C=O) groups is 1. The van der Waals surface area contributed by atoms with E-state index in [1.165, 1.54) is 12.3 Å². The molecule has 0 aliphatic heterocycles. The molecule has 1 aromatic rings. The third-order valence-corrected chi connectivity index (χ3v) is 2.18. The molecule has 0 fully saturated rings. The van der Waals surface area contributed by atoms with Crippen LogP contribution in [0.2, 0.25) is 0 Å². The number of carbonyl (C=O) groups excluding carboxylic acids is 1. The molecular formula is C12H13NO2. The summed E-state index contributed by atoms with van der Waals surface area (Å²) in [5.41, 5.74) is 1.84. The molecule has 0 radical (unpaired) electrons. The minimum absolute atomic E-state index is 0.119. The van der Waals surface area contributed by atoms with Crippen LogP contribution >= 0.6 is 0 Å². The predicted octanol–water partition coefficient (Wildman–Crippen LogP) is 1.93. The van der Waals surface area contributed by atoms with E-state index in [0.717, 1.165) is 11.1 Å². The standard InChI is InChI=1S/C12H13NO2/c1-9-4-3-7-13-12(15)11(8-14)6-5-10(9)2/h3-8H,1-2H3,(H,13,15). The summed E-state index contributed by atoms with van der Waals surface area (Å²) in [6.45, 7) is 3.89. The molecule has 1 aromatic heterocycles. The van der Waals surface area contributed by atoms with Crippen molar-refractivity contribution < 1.29 is 4.79 Å². The number of nitrogens with one attached hydrogen (secondary N) is 1. The lowest BCUT2D eigenvalue weighted by Gasteiger charge is -1.92. The summed E-state index contributed by atoms with van der Waals surface area (Å²) in [5, 5.41) is 0. The van der Waals surface area contributed by atoms with Crippen LogP contribution in [0, 0.1) is 13.8 Å². The molecule has 0 aliphatic rings. The lowest BCUT2D eigenvalue weighted by molar-refractivity contribution is 0.112. The molecule has 0 aromatic carbocycles. The van der Waals surface area contributed by atoms with Gasteiger partial charge in [-0.25, -0.2) is 0 Å². The van der Waals surface area contributed by atoms with Crippen molar-refractivity contribution >= 4 is 6.29 Å². The van der Waals surface area contributed by atoms with Crippen LogP contribution in [-0.2, 0) is 0 Å². The van der Waals surface area contributed by atoms with Gasteiger partial charge in [0.15, 0.2) is 6.29 Å². The van der Waals surface area contributed by atoms with Gasteiger partial charge in [-0.15, -0.1) is 0 Å². The van der Waals surface area contributed by atoms with Crippen molar-refractivity contribution in [2.75, 3.05) is 0 Å². The molecule has 0 spiro atoms. The van der Waals surface area contributed by atoms with Crippen LogP contribution in [0.5, 0.6) is 0 Å². The second-order valence-electron chi connectivity index (χ2n) is 3.27. The number of aromatic nitrogens is 1. The maximum absolute atomic E-state index is 11.3. The minimum atomic E-state index is -0.391. The third-order valence-electron chi connectivity index (χ3n) is 2.18. The van der Waals surface area contributed by atoms with Gasteiger partial charge in [-0.2, -0.15) is 0 Å². The first-order chi connectivity index (χ1) is 7.15. The molecule has 0 saturated heterocycles. The van der Waals surface area contributed by atoms with Gasteiger partial charge in [0.25, 0.3) is 5.56 Å². The summed E-state index contributed by atoms with van der Waals surface area (Å²) < 4.78 is 0. The molecule has 0 amide bonds. The van der Waals surface area contributed by atoms with Crippen LogP contribution in [0.4, 0.5) is 0 Å². The smallest absolute Gasteiger partial charge is 0.258 e. The monoisotopic (exact) mass is 203 g/mol. The molecule has 1 heterocycles. The molecule has 15 heavy (non-hydrogen) atoms. The van der Waals surface area contributed by atoms with E-state index >= 15 is 0 Å². The van der Waals surface area contributed by atoms with Crippen molar-refractivity contribution in [2.45, 2.75) is 13.8 Å². The van der Waals surface area contributed by atoms with Crippen molar-refractivity contribution in [2.24, 2.45) is 0 Å². The fraction of sp³-hybridized carbons (Fsp3) is 0.167. The predicted molar refractivity (Wildman–Crippen MR) is 59.6 cm³/mol. The van der Waals surface area contributed by atoms with E-state index in [4.69, 9.17) is 0 Å². The summed E-state index contributed by atoms with van der Waals surface area (Å²) in [6, 6.07) is 6.91. The fourth-order valence-corrected chi connectivity index (χ4v) is 1.05. The number of rotatable bonds is 1. The average molecular weight is 203 g/mol. The number of hydrogen-bond donors (Lipinski definition) is 1. The van der Waals surface area contributed by atoms with E-state index in [1.807, 2.05) is 19.9 Å². The Kier molecular flexibility index (Phi) is 3.80. The lowest BCUT2D eigenvalue weighted by Crippen LogP contribution is -2.07. The lowest BCUT2D eigenvalue weighted by atomic mass is 10.1. The van der Waals surface area contributed by atoms with Crippen LogP contribution < -0.4 is 5.56 Å². The molecular weight excluding hydrogens is 190 g/mol. The molecule has 1 rings (SSSR count). The maximum atomic E-state index is 11.3. The largest absolute Gasteiger partial charge is 0.329 e. The number of H-pyrrole nitrogens is 1. The zero-order chi connectivity index (χ0) is 11.3. The van der Waals surface area contributed by atoms with Gasteiger partial charge < -0.3 is 4.98 Å². The summed E-state index contributed by atoms with van der Waals surface area (Å²) >= 11 is 0. The summed E-state index contributed by atoms with van der Waals surface area (Å²) in [6.07, 6.45) is 2.06. The Morgan fingerprint density at radius 1 is 1.13 bits per heavy atom. The average Bonchev–Trinajstić information content (AvgIpc) is 2.23. The van der Waals surface area contributed by atoms with Crippen molar-refractivity contribution in [3.63, 3.8) is 0 Å². The third kappa shape index (κ3) is 3.06. The van der Waals surface area contributed by atoms with Crippen molar-refractivity contribution in [1.29, 1.82) is 0 Å². The first kappa shape index (κ1) is 11.2. The SMILES string of the molecule is Cc1ccc[nH]c(=O)c(C=O)ccc1C. The molecule has 3 heteroatoms. The highest BCUT2D eigenvalue weighted by Crippen LogP contribution is 2.00. The normalized spacial score (nSPS) is 9.20. The Morgan fingerprint density at radius 2 is 1.80 bits per heavy atom. The summed E-state index contributed by atoms with van der Waals surface area (Å²) in [7, 11) is 0. The maximum Gasteiger partial charge on any atom is 0.258 e. The zero-order valence-corrected chi connectivity index (χ0v) is 8.78. The Bertz CT molecular complexity index is 474. The van der Waals surface area contributed by atoms with Gasteiger partial charge in [-0.05, 0) is 37.1 Å². The number of aryl methyl sites for hydroxylation is 2. The fourth-order valence-electron chi connectivity index (χ4n) is 1.05. The van der Waals surface area contributed by atoms with Gasteiger partial charge in [-0.3, -0.25) is 9.59 Å². The summed E-state index contributed by atoms with van der Waals surface area (Å²) in [5.74, 6) is 0. The van der Waals surface area contributed by atoms with Crippen LogP contribution in [-0.4, -0.2) is 11.3 Å². The van der Waals surface area contributed by atoms with Gasteiger partial charge in [0.05, 0.1) is 5.56 Å². The second kappa shape index (κ2) is 5.10. The van der Waals surface area contributed by atoms with Gasteiger partial charge >= 0.3 is 0 Å². The van der Waals surface area contributed by atoms with E-state index in [2.05, 4.69) is 4.98 Å². The molecule has 0 unspecified atom stereocenters. The Hall–Kier alpha value is -1.90. The van der Waals surface area contributed by atoms with E-state index in [-0.39, 0.29) is 5.56 Å². The van der Waals surface area contributed by atoms with E-state index in [1.54, 1.807) is 12.1 Å². The highest BCUT2D eigenvalue weighted by atomic mass is 16.1. The van der Waals surface area contributed by atoms with Gasteiger partial charge in [0.1, 0.15) is 0 Å². The second-order valence-corrected chi connectivity index (χ2v) is 3.27. The zero-order valence-electron chi connectivity index (χ0n) is 8.78. The minimum Gasteiger partial charge on any atom is -0.329 e. The molecule has 0 aliphatic carbocycles. The highest BCUT2D eigenvalue weighted by Gasteiger charge is 1.91. The van der Waals surface area contributed by atoms with Crippen molar-refractivity contribution in [1.82, 2.24) is 4.98 Å². The molecule has 1 N–H and O–H groups in total. The quantitative estimate of drug-likeness (QED) is 0.709.